The van der Waals surface area contributed by atoms with Crippen LogP contribution in [0.15, 0.2) is 24.3 Å². The minimum atomic E-state index is -1.06. The molecule has 0 aromatic heterocycles. The molecule has 0 saturated carbocycles. The number of carbonyl (C=O) groups is 2. The monoisotopic (exact) mass is 404 g/mol. The third kappa shape index (κ3) is 6.92. The van der Waals surface area contributed by atoms with Gasteiger partial charge in [-0.1, -0.05) is 36.2 Å². The molecular weight excluding hydrogens is 379 g/mol. The summed E-state index contributed by atoms with van der Waals surface area (Å²) in [6.45, 7) is 10.3. The van der Waals surface area contributed by atoms with Crippen LogP contribution in [0.2, 0.25) is 0 Å². The second-order valence-corrected chi connectivity index (χ2v) is 8.65. The maximum atomic E-state index is 12.5. The third-order valence-corrected chi connectivity index (χ3v) is 3.75. The number of nitrogens with zero attached hydrogens (tertiary/aromatic N) is 1. The molecule has 1 aromatic rings. The van der Waals surface area contributed by atoms with Gasteiger partial charge in [0.15, 0.2) is 0 Å². The zero-order valence-electron chi connectivity index (χ0n) is 15.9. The fourth-order valence-corrected chi connectivity index (χ4v) is 2.87. The molecular formula is C18H26Cl2N2O4. The van der Waals surface area contributed by atoms with E-state index in [0.717, 1.165) is 0 Å². The van der Waals surface area contributed by atoms with Crippen LogP contribution in [0.4, 0.5) is 15.3 Å². The van der Waals surface area contributed by atoms with Crippen molar-refractivity contribution in [3.8, 4) is 5.75 Å². The van der Waals surface area contributed by atoms with Crippen molar-refractivity contribution in [2.75, 3.05) is 5.32 Å². The summed E-state index contributed by atoms with van der Waals surface area (Å²) in [5.74, 6) is 0.239. The molecule has 0 bridgehead atoms. The molecule has 0 heterocycles. The average molecular weight is 405 g/mol. The second-order valence-electron chi connectivity index (χ2n) is 6.80. The van der Waals surface area contributed by atoms with Crippen LogP contribution >= 0.6 is 23.2 Å². The summed E-state index contributed by atoms with van der Waals surface area (Å²) in [6.07, 6.45) is -0.761. The van der Waals surface area contributed by atoms with Crippen molar-refractivity contribution in [2.24, 2.45) is 0 Å². The average Bonchev–Trinajstić information content (AvgIpc) is 2.43. The fraction of sp³-hybridized carbons (Fsp3) is 0.556. The summed E-state index contributed by atoms with van der Waals surface area (Å²) in [7, 11) is 0. The Labute approximate surface area is 164 Å². The number of rotatable bonds is 6. The molecule has 1 N–H and O–H groups in total. The summed E-state index contributed by atoms with van der Waals surface area (Å²) >= 11 is 12.5. The molecule has 0 saturated heterocycles. The summed E-state index contributed by atoms with van der Waals surface area (Å²) in [5.41, 5.74) is 0.436. The van der Waals surface area contributed by atoms with Gasteiger partial charge in [-0.15, -0.1) is 0 Å². The van der Waals surface area contributed by atoms with E-state index in [1.807, 2.05) is 6.92 Å². The third-order valence-electron chi connectivity index (χ3n) is 3.41. The molecule has 1 rings (SSSR count). The number of hydrogen-bond acceptors (Lipinski definition) is 4. The van der Waals surface area contributed by atoms with Crippen LogP contribution in [-0.4, -0.2) is 33.2 Å². The van der Waals surface area contributed by atoms with Gasteiger partial charge in [0.2, 0.25) is 0 Å². The zero-order chi connectivity index (χ0) is 20.1. The normalized spacial score (nSPS) is 12.9. The van der Waals surface area contributed by atoms with Crippen LogP contribution in [0.1, 0.15) is 48.0 Å². The molecule has 2 amide bonds. The summed E-state index contributed by atoms with van der Waals surface area (Å²) in [6, 6.07) is 6.40. The maximum absolute atomic E-state index is 12.5. The lowest BCUT2D eigenvalue weighted by Gasteiger charge is -2.40. The highest BCUT2D eigenvalue weighted by atomic mass is 35.5. The van der Waals surface area contributed by atoms with Gasteiger partial charge in [0, 0.05) is 11.8 Å². The second kappa shape index (κ2) is 8.82. The van der Waals surface area contributed by atoms with Gasteiger partial charge in [-0.2, -0.15) is 0 Å². The van der Waals surface area contributed by atoms with Crippen LogP contribution in [0.5, 0.6) is 5.75 Å². The first-order chi connectivity index (χ1) is 11.8. The quantitative estimate of drug-likeness (QED) is 0.481. The lowest BCUT2D eigenvalue weighted by Crippen LogP contribution is -2.54. The van der Waals surface area contributed by atoms with Crippen molar-refractivity contribution in [1.82, 2.24) is 4.90 Å². The van der Waals surface area contributed by atoms with E-state index in [0.29, 0.717) is 12.1 Å². The Morgan fingerprint density at radius 3 is 2.27 bits per heavy atom. The Balaban J connectivity index is 2.88. The SMILES string of the molecule is CCC(C)OC(=O)Nc1cccc(OC(=O)N(C(C)(C)Cl)C(C)(C)Cl)c1. The predicted molar refractivity (Wildman–Crippen MR) is 104 cm³/mol. The molecule has 0 spiro atoms. The minimum absolute atomic E-state index is 0.193. The molecule has 8 heteroatoms. The number of nitrogens with one attached hydrogen (secondary N) is 1. The molecule has 0 fully saturated rings. The zero-order valence-corrected chi connectivity index (χ0v) is 17.4. The molecule has 0 aliphatic rings. The van der Waals surface area contributed by atoms with Crippen molar-refractivity contribution >= 4 is 41.1 Å². The van der Waals surface area contributed by atoms with Crippen molar-refractivity contribution in [2.45, 2.75) is 64.1 Å². The van der Waals surface area contributed by atoms with Crippen molar-refractivity contribution in [1.29, 1.82) is 0 Å². The number of benzene rings is 1. The summed E-state index contributed by atoms with van der Waals surface area (Å²) < 4.78 is 10.5. The van der Waals surface area contributed by atoms with Crippen LogP contribution < -0.4 is 10.1 Å². The van der Waals surface area contributed by atoms with E-state index in [-0.39, 0.29) is 11.9 Å². The molecule has 1 atom stereocenters. The van der Waals surface area contributed by atoms with E-state index < -0.39 is 22.2 Å². The van der Waals surface area contributed by atoms with Gasteiger partial charge in [0.25, 0.3) is 0 Å². The molecule has 6 nitrogen and oxygen atoms in total. The number of halogens is 2. The number of hydrogen-bond donors (Lipinski definition) is 1. The molecule has 0 aliphatic heterocycles. The number of alkyl halides is 2. The van der Waals surface area contributed by atoms with E-state index >= 15 is 0 Å². The summed E-state index contributed by atoms with van der Waals surface area (Å²) in [4.78, 5) is 23.5. The molecule has 1 unspecified atom stereocenters. The Kier molecular flexibility index (Phi) is 7.59. The topological polar surface area (TPSA) is 67.9 Å². The van der Waals surface area contributed by atoms with E-state index in [1.54, 1.807) is 52.8 Å². The molecule has 1 aromatic carbocycles. The highest BCUT2D eigenvalue weighted by molar-refractivity contribution is 6.27. The Morgan fingerprint density at radius 1 is 1.19 bits per heavy atom. The lowest BCUT2D eigenvalue weighted by atomic mass is 10.2. The van der Waals surface area contributed by atoms with Gasteiger partial charge in [-0.05, 0) is 53.2 Å². The standard InChI is InChI=1S/C18H26Cl2N2O4/c1-7-12(2)25-15(23)21-13-9-8-10-14(11-13)26-16(24)22(17(3,4)19)18(5,6)20/h8-12H,7H2,1-6H3,(H,21,23). The first kappa shape index (κ1) is 22.4. The maximum Gasteiger partial charge on any atom is 0.418 e. The van der Waals surface area contributed by atoms with Crippen molar-refractivity contribution < 1.29 is 19.1 Å². The Hall–Kier alpha value is -1.66. The highest BCUT2D eigenvalue weighted by Crippen LogP contribution is 2.32. The molecule has 0 radical (unpaired) electrons. The molecule has 0 aliphatic carbocycles. The first-order valence-corrected chi connectivity index (χ1v) is 9.08. The fourth-order valence-electron chi connectivity index (χ4n) is 2.26. The number of carbonyl (C=O) groups excluding carboxylic acids is 2. The van der Waals surface area contributed by atoms with Crippen LogP contribution in [-0.2, 0) is 4.74 Å². The van der Waals surface area contributed by atoms with Crippen molar-refractivity contribution in [3.63, 3.8) is 0 Å². The largest absolute Gasteiger partial charge is 0.446 e. The Morgan fingerprint density at radius 2 is 1.77 bits per heavy atom. The van der Waals surface area contributed by atoms with E-state index in [1.165, 1.54) is 11.0 Å². The van der Waals surface area contributed by atoms with Crippen molar-refractivity contribution in [3.05, 3.63) is 24.3 Å². The van der Waals surface area contributed by atoms with Gasteiger partial charge in [0.05, 0.1) is 0 Å². The van der Waals surface area contributed by atoms with Crippen LogP contribution in [0.3, 0.4) is 0 Å². The molecule has 146 valence electrons. The van der Waals surface area contributed by atoms with Gasteiger partial charge < -0.3 is 9.47 Å². The van der Waals surface area contributed by atoms with Gasteiger partial charge in [0.1, 0.15) is 21.8 Å². The van der Waals surface area contributed by atoms with Gasteiger partial charge >= 0.3 is 12.2 Å². The van der Waals surface area contributed by atoms with E-state index in [4.69, 9.17) is 32.7 Å². The number of ether oxygens (including phenoxy) is 2. The van der Waals surface area contributed by atoms with Crippen LogP contribution in [0, 0.1) is 0 Å². The highest BCUT2D eigenvalue weighted by Gasteiger charge is 2.40. The lowest BCUT2D eigenvalue weighted by molar-refractivity contribution is 0.0974. The molecule has 26 heavy (non-hydrogen) atoms. The predicted octanol–water partition coefficient (Wildman–Crippen LogP) is 5.78. The number of amides is 2. The first-order valence-electron chi connectivity index (χ1n) is 8.32. The minimum Gasteiger partial charge on any atom is -0.446 e. The summed E-state index contributed by atoms with van der Waals surface area (Å²) in [5, 5.41) is 2.59. The van der Waals surface area contributed by atoms with E-state index in [2.05, 4.69) is 5.32 Å². The van der Waals surface area contributed by atoms with Gasteiger partial charge in [-0.25, -0.2) is 9.59 Å². The Bertz CT molecular complexity index is 625. The van der Waals surface area contributed by atoms with Crippen LogP contribution in [0.25, 0.3) is 0 Å². The smallest absolute Gasteiger partial charge is 0.418 e. The number of anilines is 1. The van der Waals surface area contributed by atoms with Gasteiger partial charge in [-0.3, -0.25) is 10.2 Å². The van der Waals surface area contributed by atoms with E-state index in [9.17, 15) is 9.59 Å².